The van der Waals surface area contributed by atoms with E-state index in [1.807, 2.05) is 0 Å². The summed E-state index contributed by atoms with van der Waals surface area (Å²) in [7, 11) is -3.81. The van der Waals surface area contributed by atoms with Crippen LogP contribution in [0.2, 0.25) is 5.02 Å². The Bertz CT molecular complexity index is 1420. The molecule has 215 valence electrons. The van der Waals surface area contributed by atoms with Gasteiger partial charge in [0, 0.05) is 48.0 Å². The molecule has 41 heavy (non-hydrogen) atoms. The van der Waals surface area contributed by atoms with E-state index >= 15 is 0 Å². The zero-order valence-corrected chi connectivity index (χ0v) is 27.2. The average Bonchev–Trinajstić information content (AvgIpc) is 2.89. The molecule has 0 saturated carbocycles. The smallest absolute Gasteiger partial charge is 0.410 e. The van der Waals surface area contributed by atoms with Gasteiger partial charge >= 0.3 is 12.1 Å². The normalized spacial score (nSPS) is 12.0. The molecule has 0 aliphatic carbocycles. The first-order valence-corrected chi connectivity index (χ1v) is 14.3. The SMILES string of the molecule is CC(=O)OOc1ccc(S(=O)(=O)c2ccc(CCN(C[C@H](O)c3cccc(Cl)c3)C(=O)OC(C)(C)C)cc2)cc1.[Na]. The zero-order valence-electron chi connectivity index (χ0n) is 23.7. The summed E-state index contributed by atoms with van der Waals surface area (Å²) in [6.07, 6.45) is -1.16. The molecule has 0 fully saturated rings. The van der Waals surface area contributed by atoms with E-state index in [4.69, 9.17) is 21.2 Å². The van der Waals surface area contributed by atoms with Gasteiger partial charge in [-0.05, 0) is 86.8 Å². The molecule has 0 saturated heterocycles. The van der Waals surface area contributed by atoms with Crippen molar-refractivity contribution in [3.63, 3.8) is 0 Å². The molecule has 1 amide bonds. The van der Waals surface area contributed by atoms with Crippen molar-refractivity contribution in [1.29, 1.82) is 0 Å². The van der Waals surface area contributed by atoms with E-state index in [1.165, 1.54) is 48.2 Å². The number of carbonyl (C=O) groups excluding carboxylic acids is 2. The van der Waals surface area contributed by atoms with Crippen LogP contribution in [0.25, 0.3) is 0 Å². The molecule has 0 aliphatic rings. The van der Waals surface area contributed by atoms with Crippen molar-refractivity contribution >= 4 is 63.1 Å². The molecule has 0 aromatic heterocycles. The van der Waals surface area contributed by atoms with Gasteiger partial charge in [-0.2, -0.15) is 0 Å². The standard InChI is InChI=1S/C29H32ClNO8S.Na/c1-20(32)38-39-24-10-14-26(15-11-24)40(35,36)25-12-8-21(9-13-25)16-17-31(28(34)37-29(2,3)4)19-27(33)22-6-5-7-23(30)18-22;/h5-15,18,27,33H,16-17,19H2,1-4H3;/t27-;/m0./s1. The minimum absolute atomic E-state index is 0. The van der Waals surface area contributed by atoms with Gasteiger partial charge in [0.15, 0.2) is 5.75 Å². The van der Waals surface area contributed by atoms with Gasteiger partial charge in [-0.15, -0.1) is 0 Å². The second-order valence-electron chi connectivity index (χ2n) is 10.0. The number of hydrogen-bond acceptors (Lipinski definition) is 8. The minimum Gasteiger partial charge on any atom is -0.444 e. The summed E-state index contributed by atoms with van der Waals surface area (Å²) in [5.74, 6) is -0.456. The van der Waals surface area contributed by atoms with Crippen molar-refractivity contribution in [2.45, 2.75) is 55.6 Å². The number of aliphatic hydroxyl groups excluding tert-OH is 1. The summed E-state index contributed by atoms with van der Waals surface area (Å²) in [4.78, 5) is 34.6. The van der Waals surface area contributed by atoms with Crippen LogP contribution in [0.15, 0.2) is 82.6 Å². The largest absolute Gasteiger partial charge is 0.444 e. The van der Waals surface area contributed by atoms with Crippen molar-refractivity contribution in [3.05, 3.63) is 88.9 Å². The maximum Gasteiger partial charge on any atom is 0.410 e. The van der Waals surface area contributed by atoms with Gasteiger partial charge < -0.3 is 14.7 Å². The molecule has 0 aliphatic heterocycles. The Hall–Kier alpha value is -2.60. The number of aliphatic hydroxyl groups is 1. The second kappa shape index (κ2) is 15.0. The van der Waals surface area contributed by atoms with Crippen LogP contribution in [0.5, 0.6) is 5.75 Å². The van der Waals surface area contributed by atoms with E-state index in [0.717, 1.165) is 5.56 Å². The van der Waals surface area contributed by atoms with Gasteiger partial charge in [-0.3, -0.25) is 9.78 Å². The quantitative estimate of drug-likeness (QED) is 0.189. The van der Waals surface area contributed by atoms with Gasteiger partial charge in [0.2, 0.25) is 9.84 Å². The Morgan fingerprint density at radius 1 is 0.976 bits per heavy atom. The van der Waals surface area contributed by atoms with Crippen LogP contribution in [0, 0.1) is 0 Å². The molecule has 9 nitrogen and oxygen atoms in total. The fraction of sp³-hybridized carbons (Fsp3) is 0.310. The first kappa shape index (κ1) is 34.6. The van der Waals surface area contributed by atoms with Gasteiger partial charge in [0.05, 0.1) is 22.4 Å². The summed E-state index contributed by atoms with van der Waals surface area (Å²) in [5.41, 5.74) is 0.633. The molecular weight excluding hydrogens is 581 g/mol. The van der Waals surface area contributed by atoms with Crippen molar-refractivity contribution in [1.82, 2.24) is 4.90 Å². The first-order chi connectivity index (χ1) is 18.7. The number of benzene rings is 3. The molecule has 0 spiro atoms. The third-order valence-electron chi connectivity index (χ3n) is 5.57. The summed E-state index contributed by atoms with van der Waals surface area (Å²) in [6, 6.07) is 18.6. The van der Waals surface area contributed by atoms with E-state index in [9.17, 15) is 23.1 Å². The number of rotatable bonds is 10. The molecule has 3 rings (SSSR count). The molecule has 0 unspecified atom stereocenters. The zero-order chi connectivity index (χ0) is 29.5. The van der Waals surface area contributed by atoms with Crippen LogP contribution in [0.4, 0.5) is 4.79 Å². The van der Waals surface area contributed by atoms with E-state index in [2.05, 4.69) is 4.89 Å². The number of nitrogens with zero attached hydrogens (tertiary/aromatic N) is 1. The molecular formula is C29H32ClNNaO8S. The minimum atomic E-state index is -3.81. The average molecular weight is 613 g/mol. The molecule has 3 aromatic rings. The van der Waals surface area contributed by atoms with E-state index in [1.54, 1.807) is 57.2 Å². The van der Waals surface area contributed by atoms with Crippen LogP contribution >= 0.6 is 11.6 Å². The Balaban J connectivity index is 0.00000588. The molecule has 3 aromatic carbocycles. The number of hydrogen-bond donors (Lipinski definition) is 1. The maximum atomic E-state index is 13.1. The van der Waals surface area contributed by atoms with Crippen molar-refractivity contribution in [2.24, 2.45) is 0 Å². The number of amides is 1. The Morgan fingerprint density at radius 2 is 1.56 bits per heavy atom. The van der Waals surface area contributed by atoms with Crippen LogP contribution in [-0.4, -0.2) is 78.7 Å². The second-order valence-corrected chi connectivity index (χ2v) is 12.4. The molecule has 0 bridgehead atoms. The van der Waals surface area contributed by atoms with Crippen LogP contribution < -0.4 is 4.89 Å². The topological polar surface area (TPSA) is 119 Å². The van der Waals surface area contributed by atoms with E-state index in [0.29, 0.717) is 17.0 Å². The fourth-order valence-electron chi connectivity index (χ4n) is 3.63. The summed E-state index contributed by atoms with van der Waals surface area (Å²) in [5, 5.41) is 11.2. The van der Waals surface area contributed by atoms with Crippen molar-refractivity contribution in [3.8, 4) is 5.75 Å². The Kier molecular flexibility index (Phi) is 12.7. The van der Waals surface area contributed by atoms with E-state index in [-0.39, 0.29) is 58.2 Å². The molecule has 1 N–H and O–H groups in total. The Morgan fingerprint density at radius 3 is 2.10 bits per heavy atom. The first-order valence-electron chi connectivity index (χ1n) is 12.5. The number of ether oxygens (including phenoxy) is 1. The molecule has 12 heteroatoms. The summed E-state index contributed by atoms with van der Waals surface area (Å²) < 4.78 is 31.6. The van der Waals surface area contributed by atoms with E-state index < -0.39 is 33.6 Å². The van der Waals surface area contributed by atoms with Crippen LogP contribution in [-0.2, 0) is 30.7 Å². The van der Waals surface area contributed by atoms with Gasteiger partial charge in [-0.1, -0.05) is 35.9 Å². The monoisotopic (exact) mass is 612 g/mol. The third-order valence-corrected chi connectivity index (χ3v) is 7.59. The molecule has 0 heterocycles. The summed E-state index contributed by atoms with van der Waals surface area (Å²) in [6.45, 7) is 6.67. The molecule has 1 radical (unpaired) electrons. The maximum absolute atomic E-state index is 13.1. The summed E-state index contributed by atoms with van der Waals surface area (Å²) >= 11 is 6.05. The predicted molar refractivity (Wildman–Crippen MR) is 154 cm³/mol. The predicted octanol–water partition coefficient (Wildman–Crippen LogP) is 5.16. The third kappa shape index (κ3) is 10.6. The number of halogens is 1. The molecule has 1 atom stereocenters. The van der Waals surface area contributed by atoms with Gasteiger partial charge in [0.25, 0.3) is 0 Å². The number of carbonyl (C=O) groups is 2. The fourth-order valence-corrected chi connectivity index (χ4v) is 5.09. The van der Waals surface area contributed by atoms with Gasteiger partial charge in [-0.25, -0.2) is 18.0 Å². The van der Waals surface area contributed by atoms with Crippen LogP contribution in [0.3, 0.4) is 0 Å². The van der Waals surface area contributed by atoms with Gasteiger partial charge in [0.1, 0.15) is 5.60 Å². The van der Waals surface area contributed by atoms with Crippen molar-refractivity contribution in [2.75, 3.05) is 13.1 Å². The van der Waals surface area contributed by atoms with Crippen molar-refractivity contribution < 1.29 is 37.6 Å². The Labute approximate surface area is 267 Å². The number of sulfone groups is 1. The van der Waals surface area contributed by atoms with Crippen LogP contribution in [0.1, 0.15) is 44.9 Å².